The topological polar surface area (TPSA) is 20.2 Å². The second-order valence-electron chi connectivity index (χ2n) is 6.10. The molecular formula is C16H22O. The Kier molecular flexibility index (Phi) is 2.74. The molecular weight excluding hydrogens is 208 g/mol. The Morgan fingerprint density at radius 2 is 1.35 bits per heavy atom. The summed E-state index contributed by atoms with van der Waals surface area (Å²) in [4.78, 5) is 0. The van der Waals surface area contributed by atoms with Crippen LogP contribution in [0.3, 0.4) is 0 Å². The molecule has 1 aromatic rings. The van der Waals surface area contributed by atoms with Gasteiger partial charge in [-0.1, -0.05) is 43.2 Å². The first-order chi connectivity index (χ1) is 8.23. The lowest BCUT2D eigenvalue weighted by atomic mass is 9.66. The molecule has 2 fully saturated rings. The van der Waals surface area contributed by atoms with Crippen LogP contribution in [0.5, 0.6) is 0 Å². The van der Waals surface area contributed by atoms with Gasteiger partial charge in [-0.05, 0) is 49.5 Å². The average molecular weight is 230 g/mol. The van der Waals surface area contributed by atoms with Crippen molar-refractivity contribution in [3.05, 3.63) is 35.9 Å². The average Bonchev–Trinajstić information content (AvgIpc) is 2.84. The molecule has 0 atom stereocenters. The maximum absolute atomic E-state index is 10.8. The van der Waals surface area contributed by atoms with E-state index in [-0.39, 0.29) is 0 Å². The van der Waals surface area contributed by atoms with Gasteiger partial charge in [-0.15, -0.1) is 0 Å². The number of hydrogen-bond acceptors (Lipinski definition) is 1. The van der Waals surface area contributed by atoms with Gasteiger partial charge in [-0.25, -0.2) is 0 Å². The lowest BCUT2D eigenvalue weighted by Crippen LogP contribution is -2.35. The molecule has 17 heavy (non-hydrogen) atoms. The molecule has 2 saturated carbocycles. The highest BCUT2D eigenvalue weighted by Gasteiger charge is 2.43. The van der Waals surface area contributed by atoms with Gasteiger partial charge in [0.2, 0.25) is 0 Å². The molecule has 1 spiro atoms. The Morgan fingerprint density at radius 3 is 1.94 bits per heavy atom. The van der Waals surface area contributed by atoms with E-state index < -0.39 is 5.60 Å². The van der Waals surface area contributed by atoms with E-state index in [1.807, 2.05) is 18.2 Å². The highest BCUT2D eigenvalue weighted by atomic mass is 16.3. The van der Waals surface area contributed by atoms with Crippen LogP contribution in [0.2, 0.25) is 0 Å². The predicted molar refractivity (Wildman–Crippen MR) is 69.7 cm³/mol. The largest absolute Gasteiger partial charge is 0.385 e. The summed E-state index contributed by atoms with van der Waals surface area (Å²) in [6.07, 6.45) is 9.97. The van der Waals surface area contributed by atoms with Crippen LogP contribution in [-0.2, 0) is 5.60 Å². The minimum absolute atomic E-state index is 0.547. The van der Waals surface area contributed by atoms with Gasteiger partial charge in [0.05, 0.1) is 5.60 Å². The highest BCUT2D eigenvalue weighted by molar-refractivity contribution is 5.23. The van der Waals surface area contributed by atoms with E-state index in [0.29, 0.717) is 5.41 Å². The predicted octanol–water partition coefficient (Wildman–Crippen LogP) is 4.01. The summed E-state index contributed by atoms with van der Waals surface area (Å²) in [5.74, 6) is 0. The van der Waals surface area contributed by atoms with Crippen LogP contribution in [0.15, 0.2) is 30.3 Å². The third-order valence-electron chi connectivity index (χ3n) is 5.11. The molecule has 0 radical (unpaired) electrons. The molecule has 1 nitrogen and oxygen atoms in total. The van der Waals surface area contributed by atoms with Crippen molar-refractivity contribution in [3.63, 3.8) is 0 Å². The third-order valence-corrected chi connectivity index (χ3v) is 5.11. The summed E-state index contributed by atoms with van der Waals surface area (Å²) >= 11 is 0. The Bertz CT molecular complexity index is 366. The van der Waals surface area contributed by atoms with Crippen LogP contribution < -0.4 is 0 Å². The standard InChI is InChI=1S/C16H22O/c17-16(14-6-2-1-3-7-14)12-10-15(11-13-16)8-4-5-9-15/h1-3,6-7,17H,4-5,8-13H2. The van der Waals surface area contributed by atoms with Gasteiger partial charge in [0, 0.05) is 0 Å². The molecule has 0 bridgehead atoms. The van der Waals surface area contributed by atoms with E-state index in [1.165, 1.54) is 38.5 Å². The van der Waals surface area contributed by atoms with E-state index in [4.69, 9.17) is 0 Å². The van der Waals surface area contributed by atoms with Crippen LogP contribution in [0.1, 0.15) is 56.9 Å². The molecule has 1 N–H and O–H groups in total. The lowest BCUT2D eigenvalue weighted by Gasteiger charge is -2.42. The zero-order valence-corrected chi connectivity index (χ0v) is 10.5. The molecule has 0 amide bonds. The summed E-state index contributed by atoms with van der Waals surface area (Å²) in [5.41, 5.74) is 1.17. The summed E-state index contributed by atoms with van der Waals surface area (Å²) < 4.78 is 0. The Hall–Kier alpha value is -0.820. The van der Waals surface area contributed by atoms with Gasteiger partial charge >= 0.3 is 0 Å². The zero-order valence-electron chi connectivity index (χ0n) is 10.5. The Morgan fingerprint density at radius 1 is 0.765 bits per heavy atom. The van der Waals surface area contributed by atoms with Crippen molar-refractivity contribution in [2.24, 2.45) is 5.41 Å². The smallest absolute Gasteiger partial charge is 0.0897 e. The summed E-state index contributed by atoms with van der Waals surface area (Å²) in [6.45, 7) is 0. The first-order valence-electron chi connectivity index (χ1n) is 7.01. The molecule has 0 aromatic heterocycles. The van der Waals surface area contributed by atoms with Crippen LogP contribution in [0.4, 0.5) is 0 Å². The molecule has 1 heteroatoms. The summed E-state index contributed by atoms with van der Waals surface area (Å²) in [5, 5.41) is 10.8. The monoisotopic (exact) mass is 230 g/mol. The molecule has 2 aliphatic carbocycles. The lowest BCUT2D eigenvalue weighted by molar-refractivity contribution is -0.0376. The molecule has 0 heterocycles. The van der Waals surface area contributed by atoms with Gasteiger partial charge in [0.1, 0.15) is 0 Å². The number of benzene rings is 1. The molecule has 0 saturated heterocycles. The summed E-state index contributed by atoms with van der Waals surface area (Å²) in [6, 6.07) is 10.2. The van der Waals surface area contributed by atoms with Crippen LogP contribution >= 0.6 is 0 Å². The maximum atomic E-state index is 10.8. The fourth-order valence-corrected chi connectivity index (χ4v) is 3.86. The van der Waals surface area contributed by atoms with E-state index in [9.17, 15) is 5.11 Å². The zero-order chi connectivity index (χ0) is 11.8. The fourth-order valence-electron chi connectivity index (χ4n) is 3.86. The van der Waals surface area contributed by atoms with E-state index >= 15 is 0 Å². The molecule has 2 aliphatic rings. The molecule has 1 aromatic carbocycles. The van der Waals surface area contributed by atoms with E-state index in [1.54, 1.807) is 0 Å². The highest BCUT2D eigenvalue weighted by Crippen LogP contribution is 2.53. The maximum Gasteiger partial charge on any atom is 0.0897 e. The van der Waals surface area contributed by atoms with Crippen molar-refractivity contribution in [3.8, 4) is 0 Å². The van der Waals surface area contributed by atoms with Crippen molar-refractivity contribution in [1.29, 1.82) is 0 Å². The molecule has 0 unspecified atom stereocenters. The molecule has 0 aliphatic heterocycles. The quantitative estimate of drug-likeness (QED) is 0.773. The third kappa shape index (κ3) is 2.01. The number of hydrogen-bond donors (Lipinski definition) is 1. The van der Waals surface area contributed by atoms with E-state index in [0.717, 1.165) is 18.4 Å². The summed E-state index contributed by atoms with van der Waals surface area (Å²) in [7, 11) is 0. The first kappa shape index (κ1) is 11.3. The Labute approximate surface area is 104 Å². The molecule has 92 valence electrons. The number of aliphatic hydroxyl groups is 1. The SMILES string of the molecule is OC1(c2ccccc2)CCC2(CCCC2)CC1. The normalized spacial score (nSPS) is 26.2. The first-order valence-corrected chi connectivity index (χ1v) is 7.01. The second-order valence-corrected chi connectivity index (χ2v) is 6.10. The van der Waals surface area contributed by atoms with Gasteiger partial charge in [0.25, 0.3) is 0 Å². The number of rotatable bonds is 1. The van der Waals surface area contributed by atoms with Crippen molar-refractivity contribution >= 4 is 0 Å². The van der Waals surface area contributed by atoms with Crippen molar-refractivity contribution in [1.82, 2.24) is 0 Å². The second kappa shape index (κ2) is 4.13. The minimum atomic E-state index is -0.547. The van der Waals surface area contributed by atoms with Crippen LogP contribution in [0.25, 0.3) is 0 Å². The van der Waals surface area contributed by atoms with Gasteiger partial charge in [-0.2, -0.15) is 0 Å². The van der Waals surface area contributed by atoms with Crippen molar-refractivity contribution < 1.29 is 5.11 Å². The molecule has 3 rings (SSSR count). The Balaban J connectivity index is 1.75. The van der Waals surface area contributed by atoms with E-state index in [2.05, 4.69) is 12.1 Å². The van der Waals surface area contributed by atoms with Crippen molar-refractivity contribution in [2.45, 2.75) is 57.0 Å². The van der Waals surface area contributed by atoms with Gasteiger partial charge in [0.15, 0.2) is 0 Å². The van der Waals surface area contributed by atoms with Crippen molar-refractivity contribution in [2.75, 3.05) is 0 Å². The van der Waals surface area contributed by atoms with Gasteiger partial charge in [-0.3, -0.25) is 0 Å². The van der Waals surface area contributed by atoms with Crippen LogP contribution in [0, 0.1) is 5.41 Å². The fraction of sp³-hybridized carbons (Fsp3) is 0.625. The van der Waals surface area contributed by atoms with Crippen LogP contribution in [-0.4, -0.2) is 5.11 Å². The van der Waals surface area contributed by atoms with Gasteiger partial charge < -0.3 is 5.11 Å². The minimum Gasteiger partial charge on any atom is -0.385 e.